The average Bonchev–Trinajstić information content (AvgIpc) is 3.20. The van der Waals surface area contributed by atoms with Gasteiger partial charge in [-0.15, -0.1) is 0 Å². The minimum absolute atomic E-state index is 0.190. The summed E-state index contributed by atoms with van der Waals surface area (Å²) in [5.74, 6) is 0.271. The number of carbonyl (C=O) groups is 2. The van der Waals surface area contributed by atoms with E-state index in [2.05, 4.69) is 10.3 Å². The predicted octanol–water partition coefficient (Wildman–Crippen LogP) is 2.26. The molecular weight excluding hydrogens is 336 g/mol. The molecule has 7 nitrogen and oxygen atoms in total. The van der Waals surface area contributed by atoms with Crippen LogP contribution in [-0.4, -0.2) is 29.8 Å². The summed E-state index contributed by atoms with van der Waals surface area (Å²) in [5, 5.41) is 3.09. The third-order valence-corrected chi connectivity index (χ3v) is 3.64. The first kappa shape index (κ1) is 16.2. The van der Waals surface area contributed by atoms with Gasteiger partial charge in [-0.2, -0.15) is 0 Å². The quantitative estimate of drug-likeness (QED) is 0.807. The van der Waals surface area contributed by atoms with Crippen LogP contribution >= 0.6 is 11.6 Å². The Labute approximate surface area is 142 Å². The second-order valence-electron chi connectivity index (χ2n) is 5.18. The number of hydrogen-bond donors (Lipinski definition) is 2. The zero-order valence-corrected chi connectivity index (χ0v) is 13.6. The molecule has 2 heterocycles. The van der Waals surface area contributed by atoms with Crippen LogP contribution in [0.5, 0.6) is 11.5 Å². The molecule has 1 atom stereocenters. The summed E-state index contributed by atoms with van der Waals surface area (Å²) in [6.07, 6.45) is 0.524. The molecule has 1 aromatic carbocycles. The SMILES string of the molecule is C[C@H](OC(=O)c1cc(Cl)c[nH]1)C(=O)NCc1ccc2c(c1)OCO2. The van der Waals surface area contributed by atoms with Gasteiger partial charge in [0.2, 0.25) is 6.79 Å². The molecule has 0 spiro atoms. The summed E-state index contributed by atoms with van der Waals surface area (Å²) in [6.45, 7) is 1.98. The number of aromatic amines is 1. The minimum atomic E-state index is -0.936. The molecule has 2 N–H and O–H groups in total. The van der Waals surface area contributed by atoms with E-state index in [0.717, 1.165) is 5.56 Å². The molecule has 0 saturated carbocycles. The fourth-order valence-corrected chi connectivity index (χ4v) is 2.31. The number of esters is 1. The van der Waals surface area contributed by atoms with Crippen molar-refractivity contribution in [3.8, 4) is 11.5 Å². The van der Waals surface area contributed by atoms with Gasteiger partial charge in [-0.05, 0) is 30.7 Å². The standard InChI is InChI=1S/C16H15ClN2O5/c1-9(24-16(21)12-5-11(17)7-18-12)15(20)19-6-10-2-3-13-14(4-10)23-8-22-13/h2-5,7,9,18H,6,8H2,1H3,(H,19,20)/t9-/m0/s1. The highest BCUT2D eigenvalue weighted by atomic mass is 35.5. The topological polar surface area (TPSA) is 89.7 Å². The van der Waals surface area contributed by atoms with E-state index in [4.69, 9.17) is 25.8 Å². The maximum atomic E-state index is 12.0. The van der Waals surface area contributed by atoms with Gasteiger partial charge in [-0.3, -0.25) is 4.79 Å². The summed E-state index contributed by atoms with van der Waals surface area (Å²) in [5.41, 5.74) is 1.04. The van der Waals surface area contributed by atoms with Crippen molar-refractivity contribution >= 4 is 23.5 Å². The maximum absolute atomic E-state index is 12.0. The van der Waals surface area contributed by atoms with Gasteiger partial charge in [0.25, 0.3) is 5.91 Å². The first-order valence-electron chi connectivity index (χ1n) is 7.24. The second kappa shape index (κ2) is 6.84. The van der Waals surface area contributed by atoms with E-state index >= 15 is 0 Å². The van der Waals surface area contributed by atoms with E-state index in [-0.39, 0.29) is 19.0 Å². The molecule has 0 radical (unpaired) electrons. The Morgan fingerprint density at radius 3 is 2.88 bits per heavy atom. The van der Waals surface area contributed by atoms with Gasteiger partial charge < -0.3 is 24.5 Å². The van der Waals surface area contributed by atoms with Crippen LogP contribution in [0.4, 0.5) is 0 Å². The predicted molar refractivity (Wildman–Crippen MR) is 85.1 cm³/mol. The van der Waals surface area contributed by atoms with E-state index in [9.17, 15) is 9.59 Å². The van der Waals surface area contributed by atoms with Crippen molar-refractivity contribution in [3.63, 3.8) is 0 Å². The summed E-state index contributed by atoms with van der Waals surface area (Å²) in [6, 6.07) is 6.83. The molecule has 0 unspecified atom stereocenters. The molecule has 1 aliphatic rings. The van der Waals surface area contributed by atoms with Crippen LogP contribution in [0.3, 0.4) is 0 Å². The number of carbonyl (C=O) groups excluding carboxylic acids is 2. The molecule has 2 aromatic rings. The van der Waals surface area contributed by atoms with Crippen molar-refractivity contribution in [3.05, 3.63) is 46.7 Å². The van der Waals surface area contributed by atoms with Crippen molar-refractivity contribution in [1.29, 1.82) is 0 Å². The third kappa shape index (κ3) is 3.62. The van der Waals surface area contributed by atoms with Gasteiger partial charge in [0.15, 0.2) is 17.6 Å². The van der Waals surface area contributed by atoms with Crippen LogP contribution in [0.15, 0.2) is 30.5 Å². The maximum Gasteiger partial charge on any atom is 0.355 e. The molecule has 1 aliphatic heterocycles. The van der Waals surface area contributed by atoms with Crippen LogP contribution in [-0.2, 0) is 16.1 Å². The molecule has 0 saturated heterocycles. The summed E-state index contributed by atoms with van der Waals surface area (Å²) < 4.78 is 15.6. The Kier molecular flexibility index (Phi) is 4.61. The molecular formula is C16H15ClN2O5. The van der Waals surface area contributed by atoms with Crippen molar-refractivity contribution in [2.45, 2.75) is 19.6 Å². The van der Waals surface area contributed by atoms with Gasteiger partial charge >= 0.3 is 5.97 Å². The lowest BCUT2D eigenvalue weighted by Crippen LogP contribution is -2.35. The molecule has 0 fully saturated rings. The number of amides is 1. The highest BCUT2D eigenvalue weighted by molar-refractivity contribution is 6.30. The number of ether oxygens (including phenoxy) is 3. The Hall–Kier alpha value is -2.67. The fourth-order valence-electron chi connectivity index (χ4n) is 2.15. The van der Waals surface area contributed by atoms with Gasteiger partial charge in [-0.1, -0.05) is 17.7 Å². The lowest BCUT2D eigenvalue weighted by atomic mass is 10.2. The number of fused-ring (bicyclic) bond motifs is 1. The zero-order chi connectivity index (χ0) is 17.1. The molecule has 126 valence electrons. The van der Waals surface area contributed by atoms with Crippen molar-refractivity contribution in [1.82, 2.24) is 10.3 Å². The molecule has 0 bridgehead atoms. The Morgan fingerprint density at radius 1 is 1.33 bits per heavy atom. The molecule has 8 heteroatoms. The number of halogens is 1. The Balaban J connectivity index is 1.52. The van der Waals surface area contributed by atoms with Crippen LogP contribution in [0.1, 0.15) is 23.0 Å². The van der Waals surface area contributed by atoms with E-state index in [1.54, 1.807) is 12.1 Å². The van der Waals surface area contributed by atoms with Gasteiger partial charge in [0.1, 0.15) is 5.69 Å². The zero-order valence-electron chi connectivity index (χ0n) is 12.8. The van der Waals surface area contributed by atoms with E-state index in [0.29, 0.717) is 16.5 Å². The van der Waals surface area contributed by atoms with Crippen LogP contribution in [0.2, 0.25) is 5.02 Å². The van der Waals surface area contributed by atoms with Crippen molar-refractivity contribution < 1.29 is 23.8 Å². The fraction of sp³-hybridized carbons (Fsp3) is 0.250. The first-order valence-corrected chi connectivity index (χ1v) is 7.62. The summed E-state index contributed by atoms with van der Waals surface area (Å²) in [7, 11) is 0. The highest BCUT2D eigenvalue weighted by Crippen LogP contribution is 2.32. The monoisotopic (exact) mass is 350 g/mol. The third-order valence-electron chi connectivity index (χ3n) is 3.42. The smallest absolute Gasteiger partial charge is 0.355 e. The largest absolute Gasteiger partial charge is 0.454 e. The Bertz CT molecular complexity index is 774. The highest BCUT2D eigenvalue weighted by Gasteiger charge is 2.20. The average molecular weight is 351 g/mol. The molecule has 1 amide bonds. The van der Waals surface area contributed by atoms with E-state index in [1.807, 2.05) is 6.07 Å². The number of rotatable bonds is 5. The number of nitrogens with one attached hydrogen (secondary N) is 2. The lowest BCUT2D eigenvalue weighted by Gasteiger charge is -2.13. The summed E-state index contributed by atoms with van der Waals surface area (Å²) >= 11 is 5.72. The molecule has 0 aliphatic carbocycles. The van der Waals surface area contributed by atoms with Gasteiger partial charge in [0, 0.05) is 12.7 Å². The summed E-state index contributed by atoms with van der Waals surface area (Å²) in [4.78, 5) is 26.6. The van der Waals surface area contributed by atoms with Crippen molar-refractivity contribution in [2.75, 3.05) is 6.79 Å². The number of hydrogen-bond acceptors (Lipinski definition) is 5. The number of benzene rings is 1. The molecule has 3 rings (SSSR count). The van der Waals surface area contributed by atoms with Gasteiger partial charge in [0.05, 0.1) is 5.02 Å². The van der Waals surface area contributed by atoms with E-state index in [1.165, 1.54) is 19.2 Å². The van der Waals surface area contributed by atoms with Gasteiger partial charge in [-0.25, -0.2) is 4.79 Å². The minimum Gasteiger partial charge on any atom is -0.454 e. The normalized spacial score (nSPS) is 13.4. The van der Waals surface area contributed by atoms with Crippen molar-refractivity contribution in [2.24, 2.45) is 0 Å². The lowest BCUT2D eigenvalue weighted by molar-refractivity contribution is -0.129. The van der Waals surface area contributed by atoms with Crippen LogP contribution < -0.4 is 14.8 Å². The number of aromatic nitrogens is 1. The van der Waals surface area contributed by atoms with E-state index < -0.39 is 18.0 Å². The van der Waals surface area contributed by atoms with Crippen LogP contribution in [0.25, 0.3) is 0 Å². The first-order chi connectivity index (χ1) is 11.5. The van der Waals surface area contributed by atoms with Crippen LogP contribution in [0, 0.1) is 0 Å². The second-order valence-corrected chi connectivity index (χ2v) is 5.62. The Morgan fingerprint density at radius 2 is 2.12 bits per heavy atom. The molecule has 1 aromatic heterocycles. The number of H-pyrrole nitrogens is 1. The molecule has 24 heavy (non-hydrogen) atoms.